The molecule has 0 bridgehead atoms. The molecule has 8 heteroatoms. The Balaban J connectivity index is 2.08. The quantitative estimate of drug-likeness (QED) is 0.770. The van der Waals surface area contributed by atoms with Gasteiger partial charge in [0.05, 0.1) is 10.7 Å². The number of nitrogens with one attached hydrogen (secondary N) is 3. The van der Waals surface area contributed by atoms with E-state index in [1.54, 1.807) is 0 Å². The van der Waals surface area contributed by atoms with Gasteiger partial charge in [-0.05, 0) is 12.1 Å². The van der Waals surface area contributed by atoms with Crippen LogP contribution in [-0.2, 0) is 0 Å². The number of benzene rings is 1. The zero-order valence-electron chi connectivity index (χ0n) is 8.37. The van der Waals surface area contributed by atoms with Crippen molar-refractivity contribution in [2.45, 2.75) is 0 Å². The molecule has 2 aromatic rings. The molecule has 0 saturated carbocycles. The summed E-state index contributed by atoms with van der Waals surface area (Å²) in [6, 6.07) is 3.43. The Labute approximate surface area is 100 Å². The lowest BCUT2D eigenvalue weighted by atomic mass is 10.3. The number of urea groups is 1. The third-order valence-corrected chi connectivity index (χ3v) is 2.16. The normalized spacial score (nSPS) is 10.0. The number of hydrogen-bond acceptors (Lipinski definition) is 3. The Kier molecular flexibility index (Phi) is 3.20. The van der Waals surface area contributed by atoms with Gasteiger partial charge < -0.3 is 5.32 Å². The summed E-state index contributed by atoms with van der Waals surface area (Å²) in [6.45, 7) is 0. The van der Waals surface area contributed by atoms with E-state index >= 15 is 0 Å². The standard InChI is InChI=1S/C9H7ClFN5O/c10-5-2-1-3-6(11)7(5)14-9(17)15-8-12-4-13-16-8/h1-4H,(H3,12,13,14,15,16,17). The van der Waals surface area contributed by atoms with Gasteiger partial charge in [0.1, 0.15) is 12.1 Å². The fourth-order valence-electron chi connectivity index (χ4n) is 1.14. The monoisotopic (exact) mass is 255 g/mol. The SMILES string of the molecule is O=C(Nc1ncn[nH]1)Nc1c(F)cccc1Cl. The number of nitrogens with zero attached hydrogens (tertiary/aromatic N) is 2. The van der Waals surface area contributed by atoms with E-state index in [1.165, 1.54) is 24.5 Å². The number of carbonyl (C=O) groups is 1. The largest absolute Gasteiger partial charge is 0.326 e. The van der Waals surface area contributed by atoms with E-state index in [0.717, 1.165) is 0 Å². The average molecular weight is 256 g/mol. The van der Waals surface area contributed by atoms with Crippen LogP contribution >= 0.6 is 11.6 Å². The van der Waals surface area contributed by atoms with Gasteiger partial charge in [0.15, 0.2) is 0 Å². The van der Waals surface area contributed by atoms with Crippen LogP contribution in [-0.4, -0.2) is 21.2 Å². The van der Waals surface area contributed by atoms with Crippen LogP contribution < -0.4 is 10.6 Å². The number of amides is 2. The molecule has 1 heterocycles. The van der Waals surface area contributed by atoms with Crippen LogP contribution in [0.4, 0.5) is 20.8 Å². The maximum Gasteiger partial charge on any atom is 0.326 e. The molecule has 0 aliphatic rings. The topological polar surface area (TPSA) is 82.7 Å². The molecule has 6 nitrogen and oxygen atoms in total. The van der Waals surface area contributed by atoms with Crippen LogP contribution in [0.15, 0.2) is 24.5 Å². The molecule has 3 N–H and O–H groups in total. The Morgan fingerprint density at radius 3 is 2.88 bits per heavy atom. The fraction of sp³-hybridized carbons (Fsp3) is 0. The highest BCUT2D eigenvalue weighted by Gasteiger charge is 2.11. The molecule has 2 amide bonds. The Morgan fingerprint density at radius 2 is 2.24 bits per heavy atom. The molecule has 0 spiro atoms. The summed E-state index contributed by atoms with van der Waals surface area (Å²) in [4.78, 5) is 15.1. The van der Waals surface area contributed by atoms with Crippen molar-refractivity contribution in [2.75, 3.05) is 10.6 Å². The van der Waals surface area contributed by atoms with Crippen LogP contribution in [0.1, 0.15) is 0 Å². The van der Waals surface area contributed by atoms with E-state index in [2.05, 4.69) is 25.8 Å². The van der Waals surface area contributed by atoms with Gasteiger partial charge in [-0.15, -0.1) is 0 Å². The predicted octanol–water partition coefficient (Wildman–Crippen LogP) is 2.24. The van der Waals surface area contributed by atoms with Crippen molar-refractivity contribution >= 4 is 29.3 Å². The minimum Gasteiger partial charge on any atom is -0.304 e. The first kappa shape index (κ1) is 11.3. The molecule has 0 aliphatic carbocycles. The van der Waals surface area contributed by atoms with Gasteiger partial charge >= 0.3 is 6.03 Å². The molecule has 0 aliphatic heterocycles. The van der Waals surface area contributed by atoms with Crippen molar-refractivity contribution in [2.24, 2.45) is 0 Å². The number of carbonyl (C=O) groups excluding carboxylic acids is 1. The van der Waals surface area contributed by atoms with Gasteiger partial charge in [-0.1, -0.05) is 17.7 Å². The van der Waals surface area contributed by atoms with Gasteiger partial charge in [-0.3, -0.25) is 5.32 Å². The summed E-state index contributed by atoms with van der Waals surface area (Å²) in [6.07, 6.45) is 1.23. The van der Waals surface area contributed by atoms with Gasteiger partial charge in [0.25, 0.3) is 0 Å². The van der Waals surface area contributed by atoms with Crippen molar-refractivity contribution in [3.05, 3.63) is 35.4 Å². The van der Waals surface area contributed by atoms with Crippen molar-refractivity contribution in [3.63, 3.8) is 0 Å². The molecular weight excluding hydrogens is 249 g/mol. The Hall–Kier alpha value is -2.15. The minimum absolute atomic E-state index is 0.0915. The van der Waals surface area contributed by atoms with E-state index in [-0.39, 0.29) is 16.7 Å². The second-order valence-electron chi connectivity index (χ2n) is 3.01. The lowest BCUT2D eigenvalue weighted by molar-refractivity contribution is 0.262. The van der Waals surface area contributed by atoms with Crippen LogP contribution in [0.25, 0.3) is 0 Å². The first-order chi connectivity index (χ1) is 8.16. The average Bonchev–Trinajstić information content (AvgIpc) is 2.76. The molecule has 1 aromatic heterocycles. The van der Waals surface area contributed by atoms with Crippen molar-refractivity contribution in [1.82, 2.24) is 15.2 Å². The van der Waals surface area contributed by atoms with Gasteiger partial charge in [0.2, 0.25) is 5.95 Å². The van der Waals surface area contributed by atoms with Crippen LogP contribution in [0.5, 0.6) is 0 Å². The number of rotatable bonds is 2. The van der Waals surface area contributed by atoms with E-state index in [4.69, 9.17) is 11.6 Å². The summed E-state index contributed by atoms with van der Waals surface area (Å²) in [5.41, 5.74) is -0.0915. The molecule has 0 radical (unpaired) electrons. The predicted molar refractivity (Wildman–Crippen MR) is 60.4 cm³/mol. The van der Waals surface area contributed by atoms with Gasteiger partial charge in [-0.2, -0.15) is 10.1 Å². The van der Waals surface area contributed by atoms with Crippen LogP contribution in [0.3, 0.4) is 0 Å². The third-order valence-electron chi connectivity index (χ3n) is 1.85. The van der Waals surface area contributed by atoms with E-state index in [0.29, 0.717) is 0 Å². The van der Waals surface area contributed by atoms with E-state index in [1.807, 2.05) is 0 Å². The maximum atomic E-state index is 13.3. The third kappa shape index (κ3) is 2.70. The molecule has 0 fully saturated rings. The molecular formula is C9H7ClFN5O. The number of aromatic amines is 1. The minimum atomic E-state index is -0.672. The van der Waals surface area contributed by atoms with Crippen molar-refractivity contribution in [3.8, 4) is 0 Å². The first-order valence-electron chi connectivity index (χ1n) is 4.54. The zero-order chi connectivity index (χ0) is 12.3. The fourth-order valence-corrected chi connectivity index (χ4v) is 1.35. The summed E-state index contributed by atoms with van der Waals surface area (Å²) in [7, 11) is 0. The molecule has 0 unspecified atom stereocenters. The zero-order valence-corrected chi connectivity index (χ0v) is 9.12. The maximum absolute atomic E-state index is 13.3. The van der Waals surface area contributed by atoms with E-state index in [9.17, 15) is 9.18 Å². The van der Waals surface area contributed by atoms with Crippen LogP contribution in [0, 0.1) is 5.82 Å². The number of anilines is 2. The molecule has 0 saturated heterocycles. The summed E-state index contributed by atoms with van der Waals surface area (Å²) >= 11 is 5.74. The summed E-state index contributed by atoms with van der Waals surface area (Å²) < 4.78 is 13.3. The van der Waals surface area contributed by atoms with Crippen LogP contribution in [0.2, 0.25) is 5.02 Å². The molecule has 1 aromatic carbocycles. The second-order valence-corrected chi connectivity index (χ2v) is 3.42. The molecule has 17 heavy (non-hydrogen) atoms. The second kappa shape index (κ2) is 4.79. The highest BCUT2D eigenvalue weighted by Crippen LogP contribution is 2.24. The highest BCUT2D eigenvalue weighted by molar-refractivity contribution is 6.33. The summed E-state index contributed by atoms with van der Waals surface area (Å²) in [5.74, 6) is -0.472. The number of aromatic nitrogens is 3. The van der Waals surface area contributed by atoms with E-state index < -0.39 is 11.8 Å². The lowest BCUT2D eigenvalue weighted by Crippen LogP contribution is -2.21. The molecule has 2 rings (SSSR count). The summed E-state index contributed by atoms with van der Waals surface area (Å²) in [5, 5.41) is 10.7. The molecule has 88 valence electrons. The van der Waals surface area contributed by atoms with Gasteiger partial charge in [0, 0.05) is 0 Å². The lowest BCUT2D eigenvalue weighted by Gasteiger charge is -2.07. The Morgan fingerprint density at radius 1 is 1.41 bits per heavy atom. The molecule has 0 atom stereocenters. The Bertz CT molecular complexity index is 510. The number of hydrogen-bond donors (Lipinski definition) is 3. The number of para-hydroxylation sites is 1. The van der Waals surface area contributed by atoms with Crippen molar-refractivity contribution in [1.29, 1.82) is 0 Å². The highest BCUT2D eigenvalue weighted by atomic mass is 35.5. The van der Waals surface area contributed by atoms with Crippen molar-refractivity contribution < 1.29 is 9.18 Å². The smallest absolute Gasteiger partial charge is 0.304 e. The first-order valence-corrected chi connectivity index (χ1v) is 4.92. The number of H-pyrrole nitrogens is 1. The number of halogens is 2. The van der Waals surface area contributed by atoms with Gasteiger partial charge in [-0.25, -0.2) is 14.3 Å².